The van der Waals surface area contributed by atoms with Crippen LogP contribution < -0.4 is 5.73 Å². The predicted octanol–water partition coefficient (Wildman–Crippen LogP) is 2.27. The summed E-state index contributed by atoms with van der Waals surface area (Å²) < 4.78 is 40.3. The van der Waals surface area contributed by atoms with Gasteiger partial charge in [-0.15, -0.1) is 0 Å². The number of nitrogens with zero attached hydrogens (tertiary/aromatic N) is 3. The molecule has 1 aromatic carbocycles. The molecule has 9 heteroatoms. The van der Waals surface area contributed by atoms with Gasteiger partial charge in [0, 0.05) is 17.5 Å². The Balaban J connectivity index is 2.42. The Kier molecular flexibility index (Phi) is 3.71. The first kappa shape index (κ1) is 14.4. The molecule has 0 amide bonds. The van der Waals surface area contributed by atoms with Crippen molar-refractivity contribution in [2.75, 3.05) is 0 Å². The van der Waals surface area contributed by atoms with Gasteiger partial charge in [0.1, 0.15) is 12.2 Å². The highest BCUT2D eigenvalue weighted by atomic mass is 32.2. The van der Waals surface area contributed by atoms with Gasteiger partial charge in [0.05, 0.1) is 5.56 Å². The minimum atomic E-state index is -4.57. The van der Waals surface area contributed by atoms with Gasteiger partial charge in [-0.25, -0.2) is 9.67 Å². The van der Waals surface area contributed by atoms with Crippen molar-refractivity contribution in [3.8, 4) is 0 Å². The lowest BCUT2D eigenvalue weighted by Gasteiger charge is -2.13. The molecule has 0 saturated heterocycles. The first-order valence-corrected chi connectivity index (χ1v) is 6.18. The number of amidine groups is 1. The summed E-state index contributed by atoms with van der Waals surface area (Å²) in [5, 5.41) is 11.5. The second-order valence-corrected chi connectivity index (χ2v) is 4.93. The molecule has 106 valence electrons. The largest absolute Gasteiger partial charge is 0.417 e. The second-order valence-electron chi connectivity index (χ2n) is 3.89. The fourth-order valence-corrected chi connectivity index (χ4v) is 2.34. The minimum Gasteiger partial charge on any atom is -0.384 e. The number of aryl methyl sites for hydroxylation is 1. The first-order valence-electron chi connectivity index (χ1n) is 5.36. The highest BCUT2D eigenvalue weighted by molar-refractivity contribution is 7.99. The average Bonchev–Trinajstić information content (AvgIpc) is 2.73. The van der Waals surface area contributed by atoms with E-state index in [1.807, 2.05) is 0 Å². The summed E-state index contributed by atoms with van der Waals surface area (Å²) in [6.07, 6.45) is -3.26. The summed E-state index contributed by atoms with van der Waals surface area (Å²) in [4.78, 5) is 4.27. The van der Waals surface area contributed by atoms with E-state index < -0.39 is 17.6 Å². The van der Waals surface area contributed by atoms with Crippen molar-refractivity contribution in [2.45, 2.75) is 16.2 Å². The molecule has 0 spiro atoms. The van der Waals surface area contributed by atoms with Crippen LogP contribution in [0, 0.1) is 5.41 Å². The molecule has 2 rings (SSSR count). The normalized spacial score (nSPS) is 11.6. The highest BCUT2D eigenvalue weighted by Crippen LogP contribution is 2.36. The minimum absolute atomic E-state index is 0.334. The summed E-state index contributed by atoms with van der Waals surface area (Å²) in [5.74, 6) is -0.618. The lowest BCUT2D eigenvalue weighted by molar-refractivity contribution is -0.137. The lowest BCUT2D eigenvalue weighted by atomic mass is 10.1. The number of rotatable bonds is 3. The van der Waals surface area contributed by atoms with Crippen LogP contribution in [0.15, 0.2) is 34.6 Å². The van der Waals surface area contributed by atoms with Gasteiger partial charge in [-0.05, 0) is 18.2 Å². The Hall–Kier alpha value is -2.03. The molecular weight excluding hydrogens is 291 g/mol. The fourth-order valence-electron chi connectivity index (χ4n) is 1.54. The molecule has 0 saturated carbocycles. The van der Waals surface area contributed by atoms with E-state index in [0.717, 1.165) is 17.8 Å². The number of benzene rings is 1. The first-order chi connectivity index (χ1) is 9.29. The van der Waals surface area contributed by atoms with Gasteiger partial charge in [-0.1, -0.05) is 11.8 Å². The Morgan fingerprint density at radius 2 is 2.10 bits per heavy atom. The fraction of sp³-hybridized carbons (Fsp3) is 0.182. The van der Waals surface area contributed by atoms with E-state index in [0.29, 0.717) is 10.1 Å². The van der Waals surface area contributed by atoms with Gasteiger partial charge in [0.15, 0.2) is 5.16 Å². The van der Waals surface area contributed by atoms with E-state index in [2.05, 4.69) is 10.1 Å². The van der Waals surface area contributed by atoms with Gasteiger partial charge in [-0.2, -0.15) is 18.3 Å². The van der Waals surface area contributed by atoms with E-state index in [1.165, 1.54) is 23.1 Å². The molecule has 20 heavy (non-hydrogen) atoms. The van der Waals surface area contributed by atoms with Crippen molar-refractivity contribution >= 4 is 17.6 Å². The Morgan fingerprint density at radius 1 is 1.40 bits per heavy atom. The monoisotopic (exact) mass is 301 g/mol. The Bertz CT molecular complexity index is 650. The molecule has 0 unspecified atom stereocenters. The van der Waals surface area contributed by atoms with Crippen molar-refractivity contribution in [3.63, 3.8) is 0 Å². The smallest absolute Gasteiger partial charge is 0.384 e. The van der Waals surface area contributed by atoms with Crippen molar-refractivity contribution in [3.05, 3.63) is 35.7 Å². The van der Waals surface area contributed by atoms with E-state index >= 15 is 0 Å². The number of hydrogen-bond donors (Lipinski definition) is 2. The molecule has 1 aromatic heterocycles. The third-order valence-corrected chi connectivity index (χ3v) is 3.51. The molecule has 2 aromatic rings. The van der Waals surface area contributed by atoms with E-state index in [1.54, 1.807) is 7.05 Å². The molecule has 0 bridgehead atoms. The third-order valence-electron chi connectivity index (χ3n) is 2.47. The second kappa shape index (κ2) is 5.16. The van der Waals surface area contributed by atoms with Gasteiger partial charge < -0.3 is 5.73 Å². The molecule has 0 fully saturated rings. The van der Waals surface area contributed by atoms with Crippen LogP contribution in [0.25, 0.3) is 0 Å². The van der Waals surface area contributed by atoms with Gasteiger partial charge in [-0.3, -0.25) is 5.41 Å². The molecule has 5 nitrogen and oxygen atoms in total. The maximum absolute atomic E-state index is 13.0. The van der Waals surface area contributed by atoms with Crippen molar-refractivity contribution < 1.29 is 13.2 Å². The van der Waals surface area contributed by atoms with E-state index in [9.17, 15) is 13.2 Å². The molecule has 1 heterocycles. The highest BCUT2D eigenvalue weighted by Gasteiger charge is 2.34. The maximum Gasteiger partial charge on any atom is 0.417 e. The van der Waals surface area contributed by atoms with Crippen LogP contribution in [0.1, 0.15) is 11.1 Å². The van der Waals surface area contributed by atoms with Crippen LogP contribution in [0.4, 0.5) is 13.2 Å². The quantitative estimate of drug-likeness (QED) is 0.673. The Morgan fingerprint density at radius 3 is 2.60 bits per heavy atom. The van der Waals surface area contributed by atoms with Crippen LogP contribution in [-0.2, 0) is 13.2 Å². The molecule has 0 aliphatic heterocycles. The molecule has 0 aliphatic carbocycles. The van der Waals surface area contributed by atoms with Gasteiger partial charge in [0.25, 0.3) is 0 Å². The summed E-state index contributed by atoms with van der Waals surface area (Å²) >= 11 is 1.05. The number of hydrogen-bond acceptors (Lipinski definition) is 4. The van der Waals surface area contributed by atoms with E-state index in [-0.39, 0.29) is 5.56 Å². The zero-order valence-electron chi connectivity index (χ0n) is 10.3. The Labute approximate surface area is 116 Å². The molecule has 0 atom stereocenters. The van der Waals surface area contributed by atoms with Crippen molar-refractivity contribution in [1.82, 2.24) is 14.8 Å². The van der Waals surface area contributed by atoms with E-state index in [4.69, 9.17) is 11.1 Å². The standard InChI is InChI=1S/C11H10F3N5S/c1-19-10(17-5-18-19)20-6-2-3-7(9(15)16)8(4-6)11(12,13)14/h2-5H,1H3,(H3,15,16). The SMILES string of the molecule is Cn1ncnc1Sc1ccc(C(=N)N)c(C(F)(F)F)c1. The topological polar surface area (TPSA) is 80.6 Å². The van der Waals surface area contributed by atoms with Crippen LogP contribution in [0.5, 0.6) is 0 Å². The van der Waals surface area contributed by atoms with Crippen molar-refractivity contribution in [1.29, 1.82) is 5.41 Å². The van der Waals surface area contributed by atoms with Gasteiger partial charge in [0.2, 0.25) is 0 Å². The number of aromatic nitrogens is 3. The maximum atomic E-state index is 13.0. The number of alkyl halides is 3. The van der Waals surface area contributed by atoms with Crippen molar-refractivity contribution in [2.24, 2.45) is 12.8 Å². The zero-order valence-corrected chi connectivity index (χ0v) is 11.1. The average molecular weight is 301 g/mol. The van der Waals surface area contributed by atoms with Crippen LogP contribution >= 0.6 is 11.8 Å². The number of halogens is 3. The van der Waals surface area contributed by atoms with Crippen LogP contribution in [-0.4, -0.2) is 20.6 Å². The zero-order chi connectivity index (χ0) is 14.9. The summed E-state index contributed by atoms with van der Waals surface area (Å²) in [7, 11) is 1.64. The summed E-state index contributed by atoms with van der Waals surface area (Å²) in [6, 6.07) is 3.60. The summed E-state index contributed by atoms with van der Waals surface area (Å²) in [6.45, 7) is 0. The van der Waals surface area contributed by atoms with Crippen LogP contribution in [0.3, 0.4) is 0 Å². The third kappa shape index (κ3) is 2.93. The number of nitrogens with one attached hydrogen (secondary N) is 1. The lowest BCUT2D eigenvalue weighted by Crippen LogP contribution is -2.18. The number of nitrogens with two attached hydrogens (primary N) is 1. The summed E-state index contributed by atoms with van der Waals surface area (Å²) in [5.41, 5.74) is 3.90. The van der Waals surface area contributed by atoms with Crippen LogP contribution in [0.2, 0.25) is 0 Å². The molecule has 0 aliphatic rings. The number of nitrogen functional groups attached to an aromatic ring is 1. The molecule has 0 radical (unpaired) electrons. The molecule has 3 N–H and O–H groups in total. The molecular formula is C11H10F3N5S. The predicted molar refractivity (Wildman–Crippen MR) is 67.6 cm³/mol. The van der Waals surface area contributed by atoms with Gasteiger partial charge >= 0.3 is 6.18 Å².